The van der Waals surface area contributed by atoms with Gasteiger partial charge in [-0.1, -0.05) is 11.8 Å². The van der Waals surface area contributed by atoms with Gasteiger partial charge in [0.2, 0.25) is 5.91 Å². The number of hydrogen-bond donors (Lipinski definition) is 2. The SMILES string of the molecule is CC1CC(C(=O)Nc2ccc(C#CCN)cc2F)CO1. The van der Waals surface area contributed by atoms with Gasteiger partial charge in [0.1, 0.15) is 5.82 Å². The normalized spacial score (nSPS) is 21.1. The first-order valence-corrected chi connectivity index (χ1v) is 6.51. The first-order valence-electron chi connectivity index (χ1n) is 6.51. The molecule has 0 spiro atoms. The zero-order valence-corrected chi connectivity index (χ0v) is 11.3. The zero-order valence-electron chi connectivity index (χ0n) is 11.3. The highest BCUT2D eigenvalue weighted by Gasteiger charge is 2.28. The number of carbonyl (C=O) groups excluding carboxylic acids is 1. The van der Waals surface area contributed by atoms with Gasteiger partial charge >= 0.3 is 0 Å². The molecule has 2 rings (SSSR count). The summed E-state index contributed by atoms with van der Waals surface area (Å²) in [5, 5.41) is 2.59. The third kappa shape index (κ3) is 3.56. The number of rotatable bonds is 2. The summed E-state index contributed by atoms with van der Waals surface area (Å²) in [6, 6.07) is 4.44. The van der Waals surface area contributed by atoms with E-state index < -0.39 is 5.82 Å². The van der Waals surface area contributed by atoms with E-state index >= 15 is 0 Å². The predicted molar refractivity (Wildman–Crippen MR) is 74.5 cm³/mol. The van der Waals surface area contributed by atoms with E-state index in [1.807, 2.05) is 6.92 Å². The molecular formula is C15H17FN2O2. The van der Waals surface area contributed by atoms with Crippen molar-refractivity contribution in [1.29, 1.82) is 0 Å². The van der Waals surface area contributed by atoms with Gasteiger partial charge in [-0.2, -0.15) is 0 Å². The summed E-state index contributed by atoms with van der Waals surface area (Å²) in [5.41, 5.74) is 5.95. The van der Waals surface area contributed by atoms with Crippen LogP contribution in [0, 0.1) is 23.6 Å². The maximum Gasteiger partial charge on any atom is 0.229 e. The third-order valence-corrected chi connectivity index (χ3v) is 3.13. The lowest BCUT2D eigenvalue weighted by atomic mass is 10.1. The Bertz CT molecular complexity index is 563. The van der Waals surface area contributed by atoms with Crippen molar-refractivity contribution in [3.05, 3.63) is 29.6 Å². The fourth-order valence-corrected chi connectivity index (χ4v) is 2.08. The van der Waals surface area contributed by atoms with E-state index in [2.05, 4.69) is 17.2 Å². The largest absolute Gasteiger partial charge is 0.378 e. The van der Waals surface area contributed by atoms with Gasteiger partial charge in [0.05, 0.1) is 30.9 Å². The maximum absolute atomic E-state index is 13.9. The Kier molecular flexibility index (Phi) is 4.72. The van der Waals surface area contributed by atoms with Crippen LogP contribution in [0.2, 0.25) is 0 Å². The average molecular weight is 276 g/mol. The fourth-order valence-electron chi connectivity index (χ4n) is 2.08. The number of hydrogen-bond acceptors (Lipinski definition) is 3. The molecule has 2 atom stereocenters. The van der Waals surface area contributed by atoms with Gasteiger partial charge in [-0.3, -0.25) is 4.79 Å². The highest BCUT2D eigenvalue weighted by molar-refractivity contribution is 5.93. The molecule has 1 saturated heterocycles. The first-order chi connectivity index (χ1) is 9.60. The quantitative estimate of drug-likeness (QED) is 0.805. The molecule has 1 aliphatic heterocycles. The molecule has 0 aromatic heterocycles. The molecule has 4 nitrogen and oxygen atoms in total. The summed E-state index contributed by atoms with van der Waals surface area (Å²) in [4.78, 5) is 12.0. The van der Waals surface area contributed by atoms with Gasteiger partial charge in [-0.05, 0) is 31.5 Å². The van der Waals surface area contributed by atoms with Crippen molar-refractivity contribution in [1.82, 2.24) is 0 Å². The lowest BCUT2D eigenvalue weighted by Crippen LogP contribution is -2.23. The van der Waals surface area contributed by atoms with E-state index in [-0.39, 0.29) is 30.2 Å². The van der Waals surface area contributed by atoms with Crippen LogP contribution >= 0.6 is 0 Å². The lowest BCUT2D eigenvalue weighted by molar-refractivity contribution is -0.119. The topological polar surface area (TPSA) is 64.4 Å². The monoisotopic (exact) mass is 276 g/mol. The molecule has 2 unspecified atom stereocenters. The van der Waals surface area contributed by atoms with Crippen molar-refractivity contribution in [2.75, 3.05) is 18.5 Å². The fraction of sp³-hybridized carbons (Fsp3) is 0.400. The highest BCUT2D eigenvalue weighted by atomic mass is 19.1. The zero-order chi connectivity index (χ0) is 14.5. The van der Waals surface area contributed by atoms with Crippen molar-refractivity contribution < 1.29 is 13.9 Å². The standard InChI is InChI=1S/C15H17FN2O2/c1-10-7-12(9-20-10)15(19)18-14-5-4-11(3-2-6-17)8-13(14)16/h4-5,8,10,12H,6-7,9,17H2,1H3,(H,18,19). The molecule has 5 heteroatoms. The Morgan fingerprint density at radius 2 is 2.40 bits per heavy atom. The molecule has 106 valence electrons. The van der Waals surface area contributed by atoms with Crippen LogP contribution in [0.1, 0.15) is 18.9 Å². The Hall–Kier alpha value is -1.90. The second-order valence-corrected chi connectivity index (χ2v) is 4.77. The molecule has 1 heterocycles. The average Bonchev–Trinajstić information content (AvgIpc) is 2.86. The number of nitrogens with one attached hydrogen (secondary N) is 1. The van der Waals surface area contributed by atoms with Crippen LogP contribution in [0.5, 0.6) is 0 Å². The van der Waals surface area contributed by atoms with Gasteiger partial charge in [-0.25, -0.2) is 4.39 Å². The summed E-state index contributed by atoms with van der Waals surface area (Å²) >= 11 is 0. The molecular weight excluding hydrogens is 259 g/mol. The van der Waals surface area contributed by atoms with Crippen LogP contribution in [-0.4, -0.2) is 25.2 Å². The summed E-state index contributed by atoms with van der Waals surface area (Å²) in [6.07, 6.45) is 0.734. The van der Waals surface area contributed by atoms with Crippen LogP contribution in [0.25, 0.3) is 0 Å². The van der Waals surface area contributed by atoms with Crippen LogP contribution in [0.15, 0.2) is 18.2 Å². The van der Waals surface area contributed by atoms with Gasteiger partial charge in [0.15, 0.2) is 0 Å². The van der Waals surface area contributed by atoms with Crippen LogP contribution in [0.4, 0.5) is 10.1 Å². The van der Waals surface area contributed by atoms with Gasteiger partial charge < -0.3 is 15.8 Å². The Morgan fingerprint density at radius 1 is 1.60 bits per heavy atom. The van der Waals surface area contributed by atoms with Crippen molar-refractivity contribution in [3.63, 3.8) is 0 Å². The second kappa shape index (κ2) is 6.51. The van der Waals surface area contributed by atoms with Gasteiger partial charge in [-0.15, -0.1) is 0 Å². The molecule has 1 fully saturated rings. The Labute approximate surface area is 117 Å². The summed E-state index contributed by atoms with van der Waals surface area (Å²) in [5.74, 6) is 4.45. The molecule has 1 aromatic rings. The van der Waals surface area contributed by atoms with Crippen molar-refractivity contribution in [2.24, 2.45) is 11.7 Å². The molecule has 0 radical (unpaired) electrons. The molecule has 1 aliphatic rings. The number of halogens is 1. The molecule has 0 bridgehead atoms. The minimum Gasteiger partial charge on any atom is -0.378 e. The van der Waals surface area contributed by atoms with Gasteiger partial charge in [0, 0.05) is 5.56 Å². The Balaban J connectivity index is 2.04. The van der Waals surface area contributed by atoms with E-state index in [1.54, 1.807) is 6.07 Å². The molecule has 0 aliphatic carbocycles. The van der Waals surface area contributed by atoms with Crippen LogP contribution in [-0.2, 0) is 9.53 Å². The number of ether oxygens (including phenoxy) is 1. The number of anilines is 1. The van der Waals surface area contributed by atoms with Crippen molar-refractivity contribution in [3.8, 4) is 11.8 Å². The summed E-state index contributed by atoms with van der Waals surface area (Å²) in [6.45, 7) is 2.52. The smallest absolute Gasteiger partial charge is 0.229 e. The minimum absolute atomic E-state index is 0.0736. The molecule has 20 heavy (non-hydrogen) atoms. The summed E-state index contributed by atoms with van der Waals surface area (Å²) < 4.78 is 19.2. The second-order valence-electron chi connectivity index (χ2n) is 4.77. The molecule has 1 amide bonds. The highest BCUT2D eigenvalue weighted by Crippen LogP contribution is 2.22. The third-order valence-electron chi connectivity index (χ3n) is 3.13. The van der Waals surface area contributed by atoms with Gasteiger partial charge in [0.25, 0.3) is 0 Å². The van der Waals surface area contributed by atoms with E-state index in [1.165, 1.54) is 12.1 Å². The van der Waals surface area contributed by atoms with E-state index in [9.17, 15) is 9.18 Å². The van der Waals surface area contributed by atoms with E-state index in [4.69, 9.17) is 10.5 Å². The van der Waals surface area contributed by atoms with E-state index in [0.717, 1.165) is 0 Å². The number of carbonyl (C=O) groups is 1. The predicted octanol–water partition coefficient (Wildman–Crippen LogP) is 1.50. The summed E-state index contributed by atoms with van der Waals surface area (Å²) in [7, 11) is 0. The number of nitrogens with two attached hydrogens (primary N) is 1. The van der Waals surface area contributed by atoms with Crippen LogP contribution < -0.4 is 11.1 Å². The van der Waals surface area contributed by atoms with Crippen LogP contribution in [0.3, 0.4) is 0 Å². The van der Waals surface area contributed by atoms with E-state index in [0.29, 0.717) is 18.6 Å². The number of amides is 1. The molecule has 1 aromatic carbocycles. The minimum atomic E-state index is -0.505. The molecule has 0 saturated carbocycles. The van der Waals surface area contributed by atoms with Crippen molar-refractivity contribution >= 4 is 11.6 Å². The Morgan fingerprint density at radius 3 is 3.00 bits per heavy atom. The maximum atomic E-state index is 13.9. The number of benzene rings is 1. The molecule has 3 N–H and O–H groups in total. The lowest BCUT2D eigenvalue weighted by Gasteiger charge is -2.10. The first kappa shape index (κ1) is 14.5. The van der Waals surface area contributed by atoms with Crippen molar-refractivity contribution in [2.45, 2.75) is 19.4 Å².